The molecule has 1 aromatic heterocycles. The summed E-state index contributed by atoms with van der Waals surface area (Å²) in [4.78, 5) is 21.3. The lowest BCUT2D eigenvalue weighted by Gasteiger charge is -2.29. The van der Waals surface area contributed by atoms with Gasteiger partial charge in [0, 0.05) is 51.1 Å². The SMILES string of the molecule is CCN(C[C@H]1CCCO1)C(=O)NCc1cccnc1N1CCCCC1. The quantitative estimate of drug-likeness (QED) is 0.860. The molecule has 1 N–H and O–H groups in total. The Labute approximate surface area is 150 Å². The lowest BCUT2D eigenvalue weighted by molar-refractivity contribution is 0.0826. The average molecular weight is 346 g/mol. The number of carbonyl (C=O) groups excluding carboxylic acids is 1. The summed E-state index contributed by atoms with van der Waals surface area (Å²) in [5.74, 6) is 1.02. The molecule has 0 saturated carbocycles. The fourth-order valence-corrected chi connectivity index (χ4v) is 3.63. The van der Waals surface area contributed by atoms with Crippen LogP contribution < -0.4 is 10.2 Å². The predicted molar refractivity (Wildman–Crippen MR) is 98.8 cm³/mol. The van der Waals surface area contributed by atoms with Gasteiger partial charge < -0.3 is 19.9 Å². The highest BCUT2D eigenvalue weighted by Crippen LogP contribution is 2.21. The molecule has 138 valence electrons. The van der Waals surface area contributed by atoms with Gasteiger partial charge in [-0.15, -0.1) is 0 Å². The van der Waals surface area contributed by atoms with Crippen LogP contribution in [0, 0.1) is 0 Å². The van der Waals surface area contributed by atoms with E-state index in [2.05, 4.69) is 21.3 Å². The van der Waals surface area contributed by atoms with Crippen LogP contribution in [-0.2, 0) is 11.3 Å². The van der Waals surface area contributed by atoms with Crippen LogP contribution in [0.3, 0.4) is 0 Å². The van der Waals surface area contributed by atoms with Gasteiger partial charge in [-0.3, -0.25) is 0 Å². The third-order valence-corrected chi connectivity index (χ3v) is 5.07. The molecule has 0 aromatic carbocycles. The monoisotopic (exact) mass is 346 g/mol. The first-order valence-electron chi connectivity index (χ1n) is 9.61. The van der Waals surface area contributed by atoms with Gasteiger partial charge in [0.15, 0.2) is 0 Å². The van der Waals surface area contributed by atoms with Crippen LogP contribution in [0.2, 0.25) is 0 Å². The average Bonchev–Trinajstić information content (AvgIpc) is 3.18. The molecule has 25 heavy (non-hydrogen) atoms. The van der Waals surface area contributed by atoms with Crippen molar-refractivity contribution < 1.29 is 9.53 Å². The van der Waals surface area contributed by atoms with Crippen molar-refractivity contribution in [2.75, 3.05) is 37.7 Å². The smallest absolute Gasteiger partial charge is 0.317 e. The first-order chi connectivity index (χ1) is 12.3. The van der Waals surface area contributed by atoms with E-state index in [-0.39, 0.29) is 12.1 Å². The Morgan fingerprint density at radius 2 is 2.20 bits per heavy atom. The Morgan fingerprint density at radius 3 is 2.92 bits per heavy atom. The normalized spacial score (nSPS) is 20.5. The summed E-state index contributed by atoms with van der Waals surface area (Å²) in [5, 5.41) is 3.07. The number of carbonyl (C=O) groups is 1. The molecular formula is C19H30N4O2. The van der Waals surface area contributed by atoms with E-state index >= 15 is 0 Å². The van der Waals surface area contributed by atoms with E-state index in [0.29, 0.717) is 19.6 Å². The third-order valence-electron chi connectivity index (χ3n) is 5.07. The number of anilines is 1. The van der Waals surface area contributed by atoms with Gasteiger partial charge in [0.25, 0.3) is 0 Å². The first-order valence-corrected chi connectivity index (χ1v) is 9.61. The van der Waals surface area contributed by atoms with Crippen LogP contribution in [0.5, 0.6) is 0 Å². The molecule has 2 amide bonds. The van der Waals surface area contributed by atoms with Crippen molar-refractivity contribution >= 4 is 11.8 Å². The molecule has 2 fully saturated rings. The van der Waals surface area contributed by atoms with Gasteiger partial charge in [-0.25, -0.2) is 9.78 Å². The summed E-state index contributed by atoms with van der Waals surface area (Å²) in [6.45, 7) is 6.82. The number of rotatable bonds is 6. The molecule has 3 heterocycles. The van der Waals surface area contributed by atoms with E-state index in [1.54, 1.807) is 0 Å². The summed E-state index contributed by atoms with van der Waals surface area (Å²) in [7, 11) is 0. The topological polar surface area (TPSA) is 57.7 Å². The number of aromatic nitrogens is 1. The molecule has 2 saturated heterocycles. The predicted octanol–water partition coefficient (Wildman–Crippen LogP) is 2.78. The second-order valence-corrected chi connectivity index (χ2v) is 6.87. The maximum Gasteiger partial charge on any atom is 0.317 e. The van der Waals surface area contributed by atoms with Crippen LogP contribution in [0.4, 0.5) is 10.6 Å². The van der Waals surface area contributed by atoms with E-state index in [1.807, 2.05) is 24.1 Å². The number of ether oxygens (including phenoxy) is 1. The number of amides is 2. The van der Waals surface area contributed by atoms with Crippen LogP contribution in [0.15, 0.2) is 18.3 Å². The van der Waals surface area contributed by atoms with E-state index in [4.69, 9.17) is 4.74 Å². The van der Waals surface area contributed by atoms with Gasteiger partial charge in [-0.1, -0.05) is 6.07 Å². The Hall–Kier alpha value is -1.82. The maximum atomic E-state index is 12.5. The number of likely N-dealkylation sites (N-methyl/N-ethyl adjacent to an activating group) is 1. The zero-order valence-electron chi connectivity index (χ0n) is 15.2. The molecule has 0 unspecified atom stereocenters. The van der Waals surface area contributed by atoms with Crippen LogP contribution in [0.1, 0.15) is 44.6 Å². The number of pyridine rings is 1. The molecule has 0 bridgehead atoms. The maximum absolute atomic E-state index is 12.5. The van der Waals surface area contributed by atoms with Gasteiger partial charge >= 0.3 is 6.03 Å². The largest absolute Gasteiger partial charge is 0.376 e. The Bertz CT molecular complexity index is 554. The lowest BCUT2D eigenvalue weighted by atomic mass is 10.1. The van der Waals surface area contributed by atoms with Gasteiger partial charge in [0.05, 0.1) is 6.10 Å². The Morgan fingerprint density at radius 1 is 1.36 bits per heavy atom. The molecule has 0 aliphatic carbocycles. The third kappa shape index (κ3) is 4.84. The molecule has 2 aliphatic heterocycles. The van der Waals surface area contributed by atoms with Crippen molar-refractivity contribution in [2.45, 2.75) is 51.7 Å². The van der Waals surface area contributed by atoms with Crippen LogP contribution in [-0.4, -0.2) is 54.8 Å². The number of nitrogens with one attached hydrogen (secondary N) is 1. The molecule has 6 heteroatoms. The zero-order chi connectivity index (χ0) is 17.5. The minimum atomic E-state index is -0.0218. The highest BCUT2D eigenvalue weighted by molar-refractivity contribution is 5.74. The van der Waals surface area contributed by atoms with E-state index in [9.17, 15) is 4.79 Å². The summed E-state index contributed by atoms with van der Waals surface area (Å²) >= 11 is 0. The second-order valence-electron chi connectivity index (χ2n) is 6.87. The minimum absolute atomic E-state index is 0.0218. The fraction of sp³-hybridized carbons (Fsp3) is 0.684. The number of piperidine rings is 1. The van der Waals surface area contributed by atoms with E-state index in [1.165, 1.54) is 19.3 Å². The molecule has 1 atom stereocenters. The van der Waals surface area contributed by atoms with Crippen LogP contribution in [0.25, 0.3) is 0 Å². The molecule has 0 spiro atoms. The van der Waals surface area contributed by atoms with Gasteiger partial charge in [-0.05, 0) is 45.1 Å². The minimum Gasteiger partial charge on any atom is -0.376 e. The fourth-order valence-electron chi connectivity index (χ4n) is 3.63. The van der Waals surface area contributed by atoms with Crippen molar-refractivity contribution in [1.29, 1.82) is 0 Å². The van der Waals surface area contributed by atoms with Crippen molar-refractivity contribution in [3.63, 3.8) is 0 Å². The Balaban J connectivity index is 1.57. The summed E-state index contributed by atoms with van der Waals surface area (Å²) < 4.78 is 5.66. The molecular weight excluding hydrogens is 316 g/mol. The number of nitrogens with zero attached hydrogens (tertiary/aromatic N) is 3. The van der Waals surface area contributed by atoms with Gasteiger partial charge in [0.2, 0.25) is 0 Å². The number of urea groups is 1. The van der Waals surface area contributed by atoms with Crippen molar-refractivity contribution in [1.82, 2.24) is 15.2 Å². The molecule has 3 rings (SSSR count). The summed E-state index contributed by atoms with van der Waals surface area (Å²) in [6.07, 6.45) is 7.90. The highest BCUT2D eigenvalue weighted by Gasteiger charge is 2.22. The van der Waals surface area contributed by atoms with E-state index < -0.39 is 0 Å². The highest BCUT2D eigenvalue weighted by atomic mass is 16.5. The molecule has 0 radical (unpaired) electrons. The second kappa shape index (κ2) is 9.04. The lowest BCUT2D eigenvalue weighted by Crippen LogP contribution is -2.43. The van der Waals surface area contributed by atoms with Gasteiger partial charge in [-0.2, -0.15) is 0 Å². The van der Waals surface area contributed by atoms with Gasteiger partial charge in [0.1, 0.15) is 5.82 Å². The van der Waals surface area contributed by atoms with Crippen LogP contribution >= 0.6 is 0 Å². The summed E-state index contributed by atoms with van der Waals surface area (Å²) in [5.41, 5.74) is 1.09. The van der Waals surface area contributed by atoms with E-state index in [0.717, 1.165) is 43.9 Å². The van der Waals surface area contributed by atoms with Crippen molar-refractivity contribution in [3.05, 3.63) is 23.9 Å². The zero-order valence-corrected chi connectivity index (χ0v) is 15.2. The van der Waals surface area contributed by atoms with Crippen molar-refractivity contribution in [3.8, 4) is 0 Å². The Kier molecular flexibility index (Phi) is 6.50. The van der Waals surface area contributed by atoms with Crippen molar-refractivity contribution in [2.24, 2.45) is 0 Å². The summed E-state index contributed by atoms with van der Waals surface area (Å²) in [6, 6.07) is 3.98. The molecule has 6 nitrogen and oxygen atoms in total. The standard InChI is InChI=1S/C19H30N4O2/c1-2-22(15-17-9-7-13-25-17)19(24)21-14-16-8-6-10-20-18(16)23-11-4-3-5-12-23/h6,8,10,17H,2-5,7,9,11-15H2,1H3,(H,21,24)/t17-/m1/s1. The molecule has 1 aromatic rings. The number of hydrogen-bond acceptors (Lipinski definition) is 4. The number of hydrogen-bond donors (Lipinski definition) is 1. The first kappa shape index (κ1) is 18.0. The molecule has 2 aliphatic rings.